The molecule has 5 aromatic rings. The van der Waals surface area contributed by atoms with Gasteiger partial charge in [-0.25, -0.2) is 16.8 Å². The minimum absolute atomic E-state index is 0.0851. The first-order valence-corrected chi connectivity index (χ1v) is 18.0. The molecule has 0 saturated heterocycles. The van der Waals surface area contributed by atoms with E-state index in [-0.39, 0.29) is 32.6 Å². The minimum atomic E-state index is -4.61. The van der Waals surface area contributed by atoms with Gasteiger partial charge in [-0.3, -0.25) is 9.59 Å². The lowest BCUT2D eigenvalue weighted by atomic mass is 10.1. The van der Waals surface area contributed by atoms with Crippen molar-refractivity contribution in [2.45, 2.75) is 47.8 Å². The Hall–Kier alpha value is -5.84. The van der Waals surface area contributed by atoms with Crippen LogP contribution in [0.25, 0.3) is 0 Å². The van der Waals surface area contributed by atoms with Gasteiger partial charge in [-0.15, -0.1) is 20.4 Å². The standard InChI is InChI=1S/C30H32N10O10S2/c1-49-21-7-11-23(12-8-21)51(45,46)39(25(29(41)42)15-27-31-35-36-32-27)17-19-5-3-4-6-20(19)18-40(26(30(43)44)16-28-33-37-38-34-28)52(47,48)24-13-9-22(50-2)10-14-24/h3-14,25-26H,15-18H2,1-2H3,(H,41,42)(H,43,44)(H,31,32,35,36)(H,33,34,37,38). The lowest BCUT2D eigenvalue weighted by Gasteiger charge is -2.31. The van der Waals surface area contributed by atoms with Crippen LogP contribution < -0.4 is 9.47 Å². The Kier molecular flexibility index (Phi) is 11.5. The van der Waals surface area contributed by atoms with Crippen LogP contribution in [0.5, 0.6) is 11.5 Å². The Morgan fingerprint density at radius 2 is 1.02 bits per heavy atom. The van der Waals surface area contributed by atoms with E-state index in [1.807, 2.05) is 0 Å². The number of nitrogens with zero attached hydrogens (tertiary/aromatic N) is 8. The summed E-state index contributed by atoms with van der Waals surface area (Å²) < 4.78 is 68.8. The molecule has 3 aromatic carbocycles. The SMILES string of the molecule is COc1ccc(S(=O)(=O)N(Cc2ccccc2CN(C(Cc2nn[nH]n2)C(=O)O)S(=O)(=O)c2ccc(OC)cc2)C(Cc2nn[nH]n2)C(=O)O)cc1. The second-order valence-corrected chi connectivity index (χ2v) is 14.8. The molecule has 0 saturated carbocycles. The van der Waals surface area contributed by atoms with Gasteiger partial charge in [0.1, 0.15) is 23.6 Å². The number of hydrogen-bond donors (Lipinski definition) is 4. The van der Waals surface area contributed by atoms with Gasteiger partial charge in [0, 0.05) is 25.9 Å². The van der Waals surface area contributed by atoms with Crippen LogP contribution in [0.4, 0.5) is 0 Å². The molecule has 5 rings (SSSR count). The number of aliphatic carboxylic acids is 2. The fourth-order valence-corrected chi connectivity index (χ4v) is 8.32. The van der Waals surface area contributed by atoms with E-state index in [1.165, 1.54) is 74.9 Å². The van der Waals surface area contributed by atoms with E-state index in [4.69, 9.17) is 9.47 Å². The van der Waals surface area contributed by atoms with Crippen molar-refractivity contribution in [3.05, 3.63) is 95.6 Å². The highest BCUT2D eigenvalue weighted by Gasteiger charge is 2.40. The maximum Gasteiger partial charge on any atom is 0.322 e. The molecule has 0 spiro atoms. The molecule has 0 aliphatic carbocycles. The number of carboxylic acid groups (broad SMARTS) is 2. The highest BCUT2D eigenvalue weighted by Crippen LogP contribution is 2.29. The largest absolute Gasteiger partial charge is 0.497 e. The molecule has 2 unspecified atom stereocenters. The minimum Gasteiger partial charge on any atom is -0.497 e. The molecule has 0 bridgehead atoms. The van der Waals surface area contributed by atoms with Crippen LogP contribution in [0, 0.1) is 0 Å². The van der Waals surface area contributed by atoms with Crippen LogP contribution >= 0.6 is 0 Å². The maximum atomic E-state index is 14.3. The number of tetrazole rings is 2. The molecule has 274 valence electrons. The number of benzene rings is 3. The summed E-state index contributed by atoms with van der Waals surface area (Å²) in [5.41, 5.74) is 0.329. The van der Waals surface area contributed by atoms with Gasteiger partial charge in [0.25, 0.3) is 0 Å². The van der Waals surface area contributed by atoms with Gasteiger partial charge in [-0.1, -0.05) is 34.7 Å². The van der Waals surface area contributed by atoms with Crippen LogP contribution in [0.1, 0.15) is 22.8 Å². The van der Waals surface area contributed by atoms with Crippen molar-refractivity contribution >= 4 is 32.0 Å². The van der Waals surface area contributed by atoms with E-state index in [9.17, 15) is 36.6 Å². The normalized spacial score (nSPS) is 13.2. The number of H-pyrrole nitrogens is 2. The summed E-state index contributed by atoms with van der Waals surface area (Å²) in [5, 5.41) is 47.2. The summed E-state index contributed by atoms with van der Waals surface area (Å²) in [4.78, 5) is 25.0. The highest BCUT2D eigenvalue weighted by atomic mass is 32.2. The molecule has 0 radical (unpaired) electrons. The van der Waals surface area contributed by atoms with Crippen molar-refractivity contribution in [1.29, 1.82) is 0 Å². The number of aromatic amines is 2. The monoisotopic (exact) mass is 756 g/mol. The lowest BCUT2D eigenvalue weighted by molar-refractivity contribution is -0.142. The summed E-state index contributed by atoms with van der Waals surface area (Å²) in [5.74, 6) is -2.53. The Bertz CT molecular complexity index is 2030. The number of rotatable bonds is 18. The summed E-state index contributed by atoms with van der Waals surface area (Å²) in [6, 6.07) is 13.1. The Morgan fingerprint density at radius 1 is 0.654 bits per heavy atom. The summed E-state index contributed by atoms with van der Waals surface area (Å²) in [7, 11) is -6.43. The van der Waals surface area contributed by atoms with Crippen molar-refractivity contribution < 1.29 is 46.1 Å². The van der Waals surface area contributed by atoms with Gasteiger partial charge in [0.05, 0.1) is 24.0 Å². The predicted octanol–water partition coefficient (Wildman–Crippen LogP) is 0.504. The molecule has 2 heterocycles. The smallest absolute Gasteiger partial charge is 0.322 e. The van der Waals surface area contributed by atoms with E-state index < -0.39 is 70.0 Å². The van der Waals surface area contributed by atoms with Crippen molar-refractivity contribution in [1.82, 2.24) is 49.9 Å². The fraction of sp³-hybridized carbons (Fsp3) is 0.267. The second kappa shape index (κ2) is 16.0. The molecule has 4 N–H and O–H groups in total. The van der Waals surface area contributed by atoms with E-state index >= 15 is 0 Å². The zero-order valence-electron chi connectivity index (χ0n) is 27.5. The number of carboxylic acids is 2. The van der Waals surface area contributed by atoms with E-state index in [2.05, 4.69) is 41.2 Å². The summed E-state index contributed by atoms with van der Waals surface area (Å²) in [6.45, 7) is -1.20. The molecule has 0 aliphatic heterocycles. The number of sulfonamides is 2. The highest BCUT2D eigenvalue weighted by molar-refractivity contribution is 7.89. The molecule has 0 fully saturated rings. The Morgan fingerprint density at radius 3 is 1.31 bits per heavy atom. The zero-order chi connectivity index (χ0) is 37.5. The number of hydrogen-bond acceptors (Lipinski definition) is 14. The first-order chi connectivity index (χ1) is 24.8. The van der Waals surface area contributed by atoms with Crippen LogP contribution in [0.15, 0.2) is 82.6 Å². The molecule has 22 heteroatoms. The molecular formula is C30H32N10O10S2. The quantitative estimate of drug-likeness (QED) is 0.0947. The lowest BCUT2D eigenvalue weighted by Crippen LogP contribution is -2.47. The average molecular weight is 757 g/mol. The van der Waals surface area contributed by atoms with Gasteiger partial charge in [0.2, 0.25) is 20.0 Å². The molecule has 0 aliphatic rings. The van der Waals surface area contributed by atoms with Gasteiger partial charge >= 0.3 is 11.9 Å². The van der Waals surface area contributed by atoms with Crippen molar-refractivity contribution in [3.63, 3.8) is 0 Å². The Labute approximate surface area is 296 Å². The molecule has 20 nitrogen and oxygen atoms in total. The first kappa shape index (κ1) is 37.4. The third kappa shape index (κ3) is 8.37. The van der Waals surface area contributed by atoms with E-state index in [1.54, 1.807) is 12.1 Å². The summed E-state index contributed by atoms with van der Waals surface area (Å²) in [6.07, 6.45) is -0.986. The number of carbonyl (C=O) groups is 2. The third-order valence-electron chi connectivity index (χ3n) is 7.90. The number of nitrogens with one attached hydrogen (secondary N) is 2. The zero-order valence-corrected chi connectivity index (χ0v) is 29.1. The molecule has 52 heavy (non-hydrogen) atoms. The van der Waals surface area contributed by atoms with E-state index in [0.29, 0.717) is 11.5 Å². The van der Waals surface area contributed by atoms with Crippen LogP contribution in [-0.2, 0) is 55.6 Å². The average Bonchev–Trinajstić information content (AvgIpc) is 3.86. The predicted molar refractivity (Wildman–Crippen MR) is 176 cm³/mol. The van der Waals surface area contributed by atoms with E-state index in [0.717, 1.165) is 8.61 Å². The number of ether oxygens (including phenoxy) is 2. The molecular weight excluding hydrogens is 725 g/mol. The van der Waals surface area contributed by atoms with Crippen LogP contribution in [0.3, 0.4) is 0 Å². The first-order valence-electron chi connectivity index (χ1n) is 15.1. The van der Waals surface area contributed by atoms with Gasteiger partial charge in [-0.05, 0) is 59.7 Å². The molecule has 0 amide bonds. The number of aromatic nitrogens is 8. The van der Waals surface area contributed by atoms with Gasteiger partial charge in [-0.2, -0.15) is 19.0 Å². The van der Waals surface area contributed by atoms with Crippen molar-refractivity contribution in [3.8, 4) is 11.5 Å². The van der Waals surface area contributed by atoms with Crippen molar-refractivity contribution in [2.24, 2.45) is 0 Å². The Balaban J connectivity index is 1.61. The summed E-state index contributed by atoms with van der Waals surface area (Å²) >= 11 is 0. The molecule has 2 aromatic heterocycles. The second-order valence-electron chi connectivity index (χ2n) is 11.0. The van der Waals surface area contributed by atoms with Gasteiger partial charge in [0.15, 0.2) is 11.6 Å². The maximum absolute atomic E-state index is 14.3. The van der Waals surface area contributed by atoms with Gasteiger partial charge < -0.3 is 19.7 Å². The van der Waals surface area contributed by atoms with Crippen LogP contribution in [-0.4, -0.2) is 115 Å². The number of methoxy groups -OCH3 is 2. The van der Waals surface area contributed by atoms with Crippen molar-refractivity contribution in [2.75, 3.05) is 14.2 Å². The van der Waals surface area contributed by atoms with Crippen LogP contribution in [0.2, 0.25) is 0 Å². The third-order valence-corrected chi connectivity index (χ3v) is 11.6. The topological polar surface area (TPSA) is 277 Å². The molecule has 2 atom stereocenters. The fourth-order valence-electron chi connectivity index (χ4n) is 5.20.